The van der Waals surface area contributed by atoms with Crippen molar-refractivity contribution < 1.29 is 4.42 Å². The minimum Gasteiger partial charge on any atom is -0.456 e. The summed E-state index contributed by atoms with van der Waals surface area (Å²) in [5, 5.41) is 4.81. The second-order valence-corrected chi connectivity index (χ2v) is 22.4. The standard InChI is InChI=1S/C76H48N2O/c1-45-30-37-68-57(40-45)59-41-46(2)42-67-74(59)78(68)69-38-33-48(43-66(69)76(67)62-24-11-5-18-53(62)54-19-6-12-25-63(54)76)47-31-34-49(35-32-47)77(50-36-39-72-58(44-50)55-20-8-14-29-71(55)79-72)70-28-15-27-65-73(70)56-21-7-13-26-64(56)75(65)60-22-9-3-16-51(60)52-17-4-10-23-61(52)75/h3-44H,1-2H3. The molecule has 368 valence electrons. The van der Waals surface area contributed by atoms with E-state index in [9.17, 15) is 0 Å². The first-order valence-corrected chi connectivity index (χ1v) is 27.6. The molecule has 18 rings (SSSR count). The van der Waals surface area contributed by atoms with Gasteiger partial charge in [-0.3, -0.25) is 0 Å². The van der Waals surface area contributed by atoms with Crippen LogP contribution in [0.2, 0.25) is 0 Å². The smallest absolute Gasteiger partial charge is 0.135 e. The first-order chi connectivity index (χ1) is 39.0. The van der Waals surface area contributed by atoms with Crippen LogP contribution in [0.25, 0.3) is 93.9 Å². The lowest BCUT2D eigenvalue weighted by Gasteiger charge is -2.40. The van der Waals surface area contributed by atoms with Gasteiger partial charge in [0.2, 0.25) is 0 Å². The summed E-state index contributed by atoms with van der Waals surface area (Å²) in [4.78, 5) is 2.49. The van der Waals surface area contributed by atoms with E-state index in [4.69, 9.17) is 4.42 Å². The summed E-state index contributed by atoms with van der Waals surface area (Å²) in [5.74, 6) is 0. The Kier molecular flexibility index (Phi) is 8.40. The van der Waals surface area contributed by atoms with Gasteiger partial charge in [-0.1, -0.05) is 193 Å². The van der Waals surface area contributed by atoms with Crippen molar-refractivity contribution in [1.82, 2.24) is 4.57 Å². The van der Waals surface area contributed by atoms with Crippen molar-refractivity contribution in [1.29, 1.82) is 0 Å². The fourth-order valence-corrected chi connectivity index (χ4v) is 15.5. The monoisotopic (exact) mass is 1000 g/mol. The summed E-state index contributed by atoms with van der Waals surface area (Å²) < 4.78 is 9.04. The predicted octanol–water partition coefficient (Wildman–Crippen LogP) is 19.5. The molecule has 0 saturated heterocycles. The number of para-hydroxylation sites is 1. The van der Waals surface area contributed by atoms with E-state index in [1.165, 1.54) is 122 Å². The first kappa shape index (κ1) is 43.2. The Balaban J connectivity index is 0.863. The van der Waals surface area contributed by atoms with Crippen LogP contribution in [0.3, 0.4) is 0 Å². The summed E-state index contributed by atoms with van der Waals surface area (Å²) in [5.41, 5.74) is 31.0. The lowest BCUT2D eigenvalue weighted by atomic mass is 9.65. The second kappa shape index (κ2) is 15.4. The Hall–Kier alpha value is -9.96. The number of hydrogen-bond acceptors (Lipinski definition) is 2. The van der Waals surface area contributed by atoms with Crippen LogP contribution in [0.15, 0.2) is 259 Å². The number of furan rings is 1. The number of aromatic nitrogens is 1. The Bertz CT molecular complexity index is 4920. The summed E-state index contributed by atoms with van der Waals surface area (Å²) in [6, 6.07) is 96.2. The molecule has 0 unspecified atom stereocenters. The molecule has 14 aromatic rings. The molecule has 3 nitrogen and oxygen atoms in total. The van der Waals surface area contributed by atoms with Gasteiger partial charge in [0.05, 0.1) is 33.2 Å². The zero-order valence-electron chi connectivity index (χ0n) is 43.6. The molecular weight excluding hydrogens is 957 g/mol. The maximum atomic E-state index is 6.47. The molecular formula is C76H48N2O. The molecule has 0 fully saturated rings. The summed E-state index contributed by atoms with van der Waals surface area (Å²) in [7, 11) is 0. The topological polar surface area (TPSA) is 21.3 Å². The third-order valence-electron chi connectivity index (χ3n) is 18.5. The van der Waals surface area contributed by atoms with Crippen molar-refractivity contribution >= 4 is 60.8 Å². The average molecular weight is 1010 g/mol. The molecule has 79 heavy (non-hydrogen) atoms. The van der Waals surface area contributed by atoms with Gasteiger partial charge in [-0.15, -0.1) is 0 Å². The maximum absolute atomic E-state index is 6.47. The molecule has 2 spiro atoms. The van der Waals surface area contributed by atoms with Gasteiger partial charge in [0.15, 0.2) is 0 Å². The van der Waals surface area contributed by atoms with Crippen LogP contribution >= 0.6 is 0 Å². The van der Waals surface area contributed by atoms with Gasteiger partial charge >= 0.3 is 0 Å². The van der Waals surface area contributed by atoms with Gasteiger partial charge in [0.1, 0.15) is 11.2 Å². The number of hydrogen-bond donors (Lipinski definition) is 0. The number of aryl methyl sites for hydroxylation is 2. The second-order valence-electron chi connectivity index (χ2n) is 22.4. The van der Waals surface area contributed by atoms with Gasteiger partial charge in [-0.2, -0.15) is 0 Å². The maximum Gasteiger partial charge on any atom is 0.135 e. The van der Waals surface area contributed by atoms with Crippen LogP contribution in [-0.2, 0) is 10.8 Å². The highest BCUT2D eigenvalue weighted by Crippen LogP contribution is 2.66. The zero-order valence-corrected chi connectivity index (χ0v) is 43.6. The van der Waals surface area contributed by atoms with E-state index in [0.29, 0.717) is 0 Å². The van der Waals surface area contributed by atoms with Crippen LogP contribution < -0.4 is 4.90 Å². The van der Waals surface area contributed by atoms with Crippen LogP contribution in [0, 0.1) is 13.8 Å². The van der Waals surface area contributed by atoms with E-state index < -0.39 is 10.8 Å². The third kappa shape index (κ3) is 5.37. The molecule has 3 heterocycles. The zero-order chi connectivity index (χ0) is 51.9. The average Bonchev–Trinajstić information content (AvgIpc) is 2.69. The fraction of sp³-hybridized carbons (Fsp3) is 0.0526. The van der Waals surface area contributed by atoms with E-state index >= 15 is 0 Å². The highest BCUT2D eigenvalue weighted by Gasteiger charge is 2.53. The van der Waals surface area contributed by atoms with E-state index in [-0.39, 0.29) is 0 Å². The Labute approximate surface area is 457 Å². The van der Waals surface area contributed by atoms with E-state index in [1.54, 1.807) is 0 Å². The molecule has 1 aliphatic heterocycles. The van der Waals surface area contributed by atoms with Crippen molar-refractivity contribution in [2.45, 2.75) is 24.7 Å². The molecule has 0 saturated carbocycles. The van der Waals surface area contributed by atoms with Crippen molar-refractivity contribution in [2.75, 3.05) is 4.90 Å². The van der Waals surface area contributed by atoms with Gasteiger partial charge in [0, 0.05) is 38.5 Å². The lowest BCUT2D eigenvalue weighted by Crippen LogP contribution is -2.33. The lowest BCUT2D eigenvalue weighted by molar-refractivity contribution is 0.669. The SMILES string of the molecule is Cc1ccc2c(c1)c1cc(C)cc3c1n2-c1ccc(-c2ccc(N(c4ccc5oc6ccccc6c5c4)c4cccc5c4-c4ccccc4C54c5ccccc5-c5ccccc54)cc2)cc1C31c2ccccc2-c2ccccc21. The number of nitrogens with zero attached hydrogens (tertiary/aromatic N) is 2. The number of fused-ring (bicyclic) bond motifs is 25. The number of rotatable bonds is 4. The van der Waals surface area contributed by atoms with Gasteiger partial charge in [-0.25, -0.2) is 0 Å². The third-order valence-corrected chi connectivity index (χ3v) is 18.5. The summed E-state index contributed by atoms with van der Waals surface area (Å²) in [6.45, 7) is 4.48. The Morgan fingerprint density at radius 1 is 0.342 bits per heavy atom. The Morgan fingerprint density at radius 2 is 0.886 bits per heavy atom. The molecule has 4 aliphatic rings. The first-order valence-electron chi connectivity index (χ1n) is 27.6. The molecule has 0 atom stereocenters. The van der Waals surface area contributed by atoms with Crippen molar-refractivity contribution in [3.05, 3.63) is 310 Å². The molecule has 0 radical (unpaired) electrons. The molecule has 0 amide bonds. The number of benzene rings is 12. The molecule has 2 aromatic heterocycles. The quantitative estimate of drug-likeness (QED) is 0.175. The molecule has 0 bridgehead atoms. The largest absolute Gasteiger partial charge is 0.456 e. The van der Waals surface area contributed by atoms with Crippen LogP contribution in [0.5, 0.6) is 0 Å². The van der Waals surface area contributed by atoms with Gasteiger partial charge in [-0.05, 0) is 170 Å². The van der Waals surface area contributed by atoms with Gasteiger partial charge in [0.25, 0.3) is 0 Å². The molecule has 3 heteroatoms. The highest BCUT2D eigenvalue weighted by molar-refractivity contribution is 6.14. The summed E-state index contributed by atoms with van der Waals surface area (Å²) in [6.07, 6.45) is 0. The highest BCUT2D eigenvalue weighted by atomic mass is 16.3. The molecule has 3 aliphatic carbocycles. The minimum absolute atomic E-state index is 0.476. The van der Waals surface area contributed by atoms with Gasteiger partial charge < -0.3 is 13.9 Å². The van der Waals surface area contributed by atoms with Crippen molar-refractivity contribution in [2.24, 2.45) is 0 Å². The van der Waals surface area contributed by atoms with E-state index in [2.05, 4.69) is 278 Å². The minimum atomic E-state index is -0.545. The predicted molar refractivity (Wildman–Crippen MR) is 325 cm³/mol. The summed E-state index contributed by atoms with van der Waals surface area (Å²) >= 11 is 0. The Morgan fingerprint density at radius 3 is 1.57 bits per heavy atom. The fourth-order valence-electron chi connectivity index (χ4n) is 15.5. The normalized spacial score (nSPS) is 14.2. The van der Waals surface area contributed by atoms with Crippen molar-refractivity contribution in [3.63, 3.8) is 0 Å². The molecule has 0 N–H and O–H groups in total. The van der Waals surface area contributed by atoms with Crippen molar-refractivity contribution in [3.8, 4) is 50.2 Å². The van der Waals surface area contributed by atoms with E-state index in [1.807, 2.05) is 0 Å². The van der Waals surface area contributed by atoms with E-state index in [0.717, 1.165) is 44.6 Å². The van der Waals surface area contributed by atoms with Crippen LogP contribution in [-0.4, -0.2) is 4.57 Å². The van der Waals surface area contributed by atoms with Crippen LogP contribution in [0.4, 0.5) is 17.1 Å². The van der Waals surface area contributed by atoms with Crippen LogP contribution in [0.1, 0.15) is 55.6 Å². The molecule has 12 aromatic carbocycles. The number of anilines is 3.